The maximum Gasteiger partial charge on any atom is 0.385 e. The second kappa shape index (κ2) is 8.07. The van der Waals surface area contributed by atoms with Crippen molar-refractivity contribution in [1.29, 1.82) is 0 Å². The molecule has 0 saturated carbocycles. The van der Waals surface area contributed by atoms with Crippen molar-refractivity contribution in [1.82, 2.24) is 0 Å². The monoisotopic (exact) mass is 530 g/mol. The van der Waals surface area contributed by atoms with E-state index in [1.165, 1.54) is 0 Å². The van der Waals surface area contributed by atoms with Crippen molar-refractivity contribution in [3.63, 3.8) is 0 Å². The van der Waals surface area contributed by atoms with E-state index in [0.29, 0.717) is 6.92 Å². The normalized spacial score (nSPS) is 16.5. The second-order valence-electron chi connectivity index (χ2n) is 6.50. The molecular formula is C14H10F16O3. The van der Waals surface area contributed by atoms with Crippen LogP contribution in [0.5, 0.6) is 0 Å². The highest BCUT2D eigenvalue weighted by molar-refractivity contribution is 5.87. The highest BCUT2D eigenvalue weighted by Gasteiger charge is 2.95. The predicted molar refractivity (Wildman–Crippen MR) is 72.2 cm³/mol. The van der Waals surface area contributed by atoms with Gasteiger partial charge in [-0.1, -0.05) is 6.58 Å². The van der Waals surface area contributed by atoms with Crippen molar-refractivity contribution in [2.24, 2.45) is 0 Å². The molecule has 0 aliphatic rings. The van der Waals surface area contributed by atoms with Gasteiger partial charge in [0.15, 0.2) is 0 Å². The van der Waals surface area contributed by atoms with Gasteiger partial charge in [0.1, 0.15) is 0 Å². The van der Waals surface area contributed by atoms with Gasteiger partial charge in [0.2, 0.25) is 0 Å². The fourth-order valence-electron chi connectivity index (χ4n) is 1.70. The van der Waals surface area contributed by atoms with Crippen LogP contribution < -0.4 is 0 Å². The third-order valence-electron chi connectivity index (χ3n) is 3.82. The van der Waals surface area contributed by atoms with Crippen LogP contribution in [0.2, 0.25) is 0 Å². The van der Waals surface area contributed by atoms with Gasteiger partial charge in [-0.25, -0.2) is 4.79 Å². The average molecular weight is 530 g/mol. The van der Waals surface area contributed by atoms with Gasteiger partial charge >= 0.3 is 53.3 Å². The lowest BCUT2D eigenvalue weighted by Gasteiger charge is -2.43. The van der Waals surface area contributed by atoms with Crippen molar-refractivity contribution in [3.8, 4) is 0 Å². The van der Waals surface area contributed by atoms with Crippen molar-refractivity contribution in [2.45, 2.75) is 67.5 Å². The number of carbonyl (C=O) groups is 1. The smallest absolute Gasteiger partial charge is 0.385 e. The first-order chi connectivity index (χ1) is 14.0. The Balaban J connectivity index is 6.70. The van der Waals surface area contributed by atoms with Crippen molar-refractivity contribution >= 4 is 5.97 Å². The third-order valence-corrected chi connectivity index (χ3v) is 3.82. The Hall–Kier alpha value is -1.95. The molecule has 0 amide bonds. The minimum absolute atomic E-state index is 0.584. The molecule has 0 rings (SSSR count). The molecule has 0 aromatic heterocycles. The molecule has 0 heterocycles. The minimum Gasteiger partial charge on any atom is -0.426 e. The van der Waals surface area contributed by atoms with E-state index in [1.54, 1.807) is 0 Å². The molecule has 0 radical (unpaired) electrons. The fraction of sp³-hybridized carbons (Fsp3) is 0.786. The highest BCUT2D eigenvalue weighted by atomic mass is 19.4. The van der Waals surface area contributed by atoms with Gasteiger partial charge in [0.05, 0.1) is 0 Å². The van der Waals surface area contributed by atoms with Gasteiger partial charge in [-0.15, -0.1) is 0 Å². The molecule has 0 bridgehead atoms. The number of ether oxygens (including phenoxy) is 1. The highest BCUT2D eigenvalue weighted by Crippen LogP contribution is 2.64. The number of rotatable bonds is 10. The summed E-state index contributed by atoms with van der Waals surface area (Å²) < 4.78 is 216. The summed E-state index contributed by atoms with van der Waals surface area (Å²) in [5.74, 6) is -65.4. The van der Waals surface area contributed by atoms with Crippen LogP contribution in [0.4, 0.5) is 70.2 Å². The molecule has 0 aliphatic heterocycles. The molecule has 1 N–H and O–H groups in total. The van der Waals surface area contributed by atoms with Crippen LogP contribution in [0, 0.1) is 0 Å². The second-order valence-corrected chi connectivity index (χ2v) is 6.50. The molecule has 19 heteroatoms. The van der Waals surface area contributed by atoms with Gasteiger partial charge in [-0.05, 0) is 6.92 Å². The quantitative estimate of drug-likeness (QED) is 0.175. The van der Waals surface area contributed by atoms with E-state index in [4.69, 9.17) is 5.11 Å². The maximum absolute atomic E-state index is 13.6. The van der Waals surface area contributed by atoms with Gasteiger partial charge in [-0.3, -0.25) is 0 Å². The number of aliphatic hydroxyl groups excluding tert-OH is 1. The zero-order chi connectivity index (χ0) is 27.4. The van der Waals surface area contributed by atoms with E-state index in [2.05, 4.69) is 11.3 Å². The summed E-state index contributed by atoms with van der Waals surface area (Å²) in [6, 6.07) is 0. The first-order valence-electron chi connectivity index (χ1n) is 7.57. The number of hydrogen-bond donors (Lipinski definition) is 1. The topological polar surface area (TPSA) is 46.5 Å². The summed E-state index contributed by atoms with van der Waals surface area (Å²) in [6.45, 7) is 1.96. The summed E-state index contributed by atoms with van der Waals surface area (Å²) in [6.07, 6.45) is -4.84. The van der Waals surface area contributed by atoms with Crippen LogP contribution >= 0.6 is 0 Å². The zero-order valence-electron chi connectivity index (χ0n) is 15.6. The summed E-state index contributed by atoms with van der Waals surface area (Å²) in [5.41, 5.74) is -1.00. The lowest BCUT2D eigenvalue weighted by atomic mass is 9.87. The van der Waals surface area contributed by atoms with E-state index < -0.39 is 72.1 Å². The summed E-state index contributed by atoms with van der Waals surface area (Å²) >= 11 is 0. The van der Waals surface area contributed by atoms with Crippen LogP contribution in [0.25, 0.3) is 0 Å². The first-order valence-corrected chi connectivity index (χ1v) is 7.57. The van der Waals surface area contributed by atoms with E-state index in [-0.39, 0.29) is 0 Å². The number of alkyl halides is 16. The lowest BCUT2D eigenvalue weighted by Crippen LogP contribution is -2.75. The van der Waals surface area contributed by atoms with Crippen LogP contribution in [0.15, 0.2) is 12.2 Å². The molecule has 0 spiro atoms. The number of hydrogen-bond acceptors (Lipinski definition) is 3. The number of carbonyl (C=O) groups excluding carboxylic acids is 1. The molecule has 1 unspecified atom stereocenters. The molecule has 1 atom stereocenters. The average Bonchev–Trinajstić information content (AvgIpc) is 2.59. The Morgan fingerprint density at radius 2 is 0.939 bits per heavy atom. The maximum atomic E-state index is 13.6. The molecule has 3 nitrogen and oxygen atoms in total. The predicted octanol–water partition coefficient (Wildman–Crippen LogP) is 5.53. The Kier molecular flexibility index (Phi) is 7.60. The first kappa shape index (κ1) is 31.0. The summed E-state index contributed by atoms with van der Waals surface area (Å²) in [5, 5.41) is 8.71. The van der Waals surface area contributed by atoms with Crippen LogP contribution in [-0.2, 0) is 9.53 Å². The van der Waals surface area contributed by atoms with Crippen LogP contribution in [0.1, 0.15) is 13.8 Å². The molecule has 0 aromatic rings. The van der Waals surface area contributed by atoms with Crippen molar-refractivity contribution in [3.05, 3.63) is 12.2 Å². The van der Waals surface area contributed by atoms with Crippen LogP contribution in [0.3, 0.4) is 0 Å². The molecule has 0 saturated heterocycles. The van der Waals surface area contributed by atoms with E-state index in [0.717, 1.165) is 0 Å². The Labute approximate surface area is 172 Å². The lowest BCUT2D eigenvalue weighted by molar-refractivity contribution is -0.459. The SMILES string of the molecule is C=C(C)C(=O)OC(O)C(F)(F)C(F)(F)C(F)(F)C(F)(F)C(F)(F)C(F)(F)C(F)(F)C(C)(F)F. The Morgan fingerprint density at radius 1 is 0.667 bits per heavy atom. The van der Waals surface area contributed by atoms with E-state index in [1.807, 2.05) is 0 Å². The van der Waals surface area contributed by atoms with Crippen molar-refractivity contribution in [2.75, 3.05) is 0 Å². The molecule has 0 aromatic carbocycles. The van der Waals surface area contributed by atoms with E-state index >= 15 is 0 Å². The minimum atomic E-state index is -8.62. The molecule has 0 aliphatic carbocycles. The Morgan fingerprint density at radius 3 is 1.21 bits per heavy atom. The van der Waals surface area contributed by atoms with Gasteiger partial charge in [0.25, 0.3) is 6.29 Å². The van der Waals surface area contributed by atoms with Gasteiger partial charge in [0, 0.05) is 12.5 Å². The molecule has 0 fully saturated rings. The zero-order valence-corrected chi connectivity index (χ0v) is 15.6. The Bertz CT molecular complexity index is 767. The number of esters is 1. The number of halogens is 16. The van der Waals surface area contributed by atoms with Crippen LogP contribution in [-0.4, -0.2) is 64.7 Å². The summed E-state index contributed by atoms with van der Waals surface area (Å²) in [7, 11) is 0. The van der Waals surface area contributed by atoms with Crippen molar-refractivity contribution < 1.29 is 84.9 Å². The van der Waals surface area contributed by atoms with Gasteiger partial charge < -0.3 is 9.84 Å². The van der Waals surface area contributed by atoms with Gasteiger partial charge in [-0.2, -0.15) is 70.2 Å². The fourth-order valence-corrected chi connectivity index (χ4v) is 1.70. The van der Waals surface area contributed by atoms with E-state index in [9.17, 15) is 75.0 Å². The molecule has 33 heavy (non-hydrogen) atoms. The standard InChI is InChI=1S/C14H10F16O3/c1-4(2)5(31)33-6(32)8(17,18)10(21,22)12(25,26)14(29,30)13(27,28)11(23,24)9(19,20)7(3,15)16/h6,32H,1H2,2-3H3. The number of aliphatic hydroxyl groups is 1. The molecular weight excluding hydrogens is 520 g/mol. The largest absolute Gasteiger partial charge is 0.426 e. The third kappa shape index (κ3) is 4.20. The summed E-state index contributed by atoms with van der Waals surface area (Å²) in [4.78, 5) is 10.9. The molecule has 196 valence electrons.